The van der Waals surface area contributed by atoms with Crippen LogP contribution in [0.5, 0.6) is 0 Å². The van der Waals surface area contributed by atoms with Gasteiger partial charge in [0.1, 0.15) is 4.90 Å². The Hall–Kier alpha value is -0.540. The molecule has 0 amide bonds. The number of hydrogen-bond donors (Lipinski definition) is 1. The minimum atomic E-state index is -3.52. The molecule has 0 spiro atoms. The lowest BCUT2D eigenvalue weighted by molar-refractivity contribution is 0.122. The van der Waals surface area contributed by atoms with E-state index in [0.717, 1.165) is 6.54 Å². The molecule has 0 aliphatic carbocycles. The molecule has 0 saturated heterocycles. The van der Waals surface area contributed by atoms with Crippen LogP contribution in [0.3, 0.4) is 0 Å². The van der Waals surface area contributed by atoms with Crippen molar-refractivity contribution in [3.05, 3.63) is 22.9 Å². The Morgan fingerprint density at radius 3 is 2.74 bits per heavy atom. The monoisotopic (exact) mass is 351 g/mol. The Balaban J connectivity index is 2.36. The van der Waals surface area contributed by atoms with E-state index < -0.39 is 10.0 Å². The van der Waals surface area contributed by atoms with Gasteiger partial charge >= 0.3 is 0 Å². The molecule has 0 aliphatic rings. The average Bonchev–Trinajstić information content (AvgIpc) is 2.33. The molecule has 1 N–H and O–H groups in total. The summed E-state index contributed by atoms with van der Waals surface area (Å²) in [6.07, 6.45) is 2.84. The maximum absolute atomic E-state index is 11.9. The number of likely N-dealkylation sites (N-methyl/N-ethyl adjacent to an activating group) is 1. The lowest BCUT2D eigenvalue weighted by Crippen LogP contribution is -2.28. The quantitative estimate of drug-likeness (QED) is 0.698. The molecule has 0 aromatic carbocycles. The molecule has 0 fully saturated rings. The van der Waals surface area contributed by atoms with Crippen LogP contribution in [0.1, 0.15) is 0 Å². The molecule has 1 heterocycles. The Kier molecular flexibility index (Phi) is 6.87. The highest BCUT2D eigenvalue weighted by Crippen LogP contribution is 2.13. The van der Waals surface area contributed by atoms with Gasteiger partial charge in [0, 0.05) is 30.0 Å². The third kappa shape index (κ3) is 6.44. The van der Waals surface area contributed by atoms with Crippen LogP contribution in [0.15, 0.2) is 27.8 Å². The minimum Gasteiger partial charge on any atom is -0.379 e. The lowest BCUT2D eigenvalue weighted by atomic mass is 10.5. The van der Waals surface area contributed by atoms with Crippen molar-refractivity contribution < 1.29 is 13.2 Å². The molecule has 19 heavy (non-hydrogen) atoms. The number of rotatable bonds is 8. The average molecular weight is 352 g/mol. The number of nitrogens with one attached hydrogen (secondary N) is 1. The fourth-order valence-corrected chi connectivity index (χ4v) is 2.74. The summed E-state index contributed by atoms with van der Waals surface area (Å²) in [5.74, 6) is 0. The second-order valence-electron chi connectivity index (χ2n) is 4.15. The van der Waals surface area contributed by atoms with Gasteiger partial charge in [-0.2, -0.15) is 0 Å². The maximum atomic E-state index is 11.9. The molecule has 108 valence electrons. The number of pyridine rings is 1. The molecule has 0 unspecified atom stereocenters. The van der Waals surface area contributed by atoms with Crippen LogP contribution in [0.2, 0.25) is 0 Å². The number of aromatic nitrogens is 1. The van der Waals surface area contributed by atoms with E-state index in [-0.39, 0.29) is 11.4 Å². The van der Waals surface area contributed by atoms with E-state index in [1.807, 2.05) is 19.0 Å². The lowest BCUT2D eigenvalue weighted by Gasteiger charge is -2.10. The highest BCUT2D eigenvalue weighted by atomic mass is 79.9. The molecule has 1 aromatic rings. The van der Waals surface area contributed by atoms with Crippen molar-refractivity contribution in [3.63, 3.8) is 0 Å². The maximum Gasteiger partial charge on any atom is 0.242 e. The third-order valence-electron chi connectivity index (χ3n) is 2.21. The first kappa shape index (κ1) is 16.5. The Bertz CT molecular complexity index is 494. The summed E-state index contributed by atoms with van der Waals surface area (Å²) < 4.78 is 32.2. The molecule has 1 aromatic heterocycles. The van der Waals surface area contributed by atoms with Gasteiger partial charge in [-0.25, -0.2) is 13.1 Å². The number of halogens is 1. The largest absolute Gasteiger partial charge is 0.379 e. The van der Waals surface area contributed by atoms with Gasteiger partial charge in [0.2, 0.25) is 10.0 Å². The zero-order valence-electron chi connectivity index (χ0n) is 11.0. The molecular formula is C11H18BrN3O3S. The van der Waals surface area contributed by atoms with Crippen molar-refractivity contribution in [2.75, 3.05) is 40.4 Å². The van der Waals surface area contributed by atoms with Crippen LogP contribution >= 0.6 is 15.9 Å². The van der Waals surface area contributed by atoms with Crippen molar-refractivity contribution >= 4 is 26.0 Å². The van der Waals surface area contributed by atoms with E-state index in [1.54, 1.807) is 0 Å². The Morgan fingerprint density at radius 2 is 2.11 bits per heavy atom. The number of hydrogen-bond acceptors (Lipinski definition) is 5. The highest BCUT2D eigenvalue weighted by molar-refractivity contribution is 9.10. The van der Waals surface area contributed by atoms with Crippen LogP contribution in [0, 0.1) is 0 Å². The van der Waals surface area contributed by atoms with Gasteiger partial charge in [-0.1, -0.05) is 0 Å². The van der Waals surface area contributed by atoms with Crippen molar-refractivity contribution in [2.45, 2.75) is 4.90 Å². The van der Waals surface area contributed by atoms with Crippen LogP contribution in [0.4, 0.5) is 0 Å². The van der Waals surface area contributed by atoms with Gasteiger partial charge in [-0.05, 0) is 36.1 Å². The van der Waals surface area contributed by atoms with Gasteiger partial charge in [-0.15, -0.1) is 0 Å². The predicted molar refractivity (Wildman–Crippen MR) is 76.5 cm³/mol. The summed E-state index contributed by atoms with van der Waals surface area (Å²) in [4.78, 5) is 5.96. The van der Waals surface area contributed by atoms with Crippen LogP contribution in [0.25, 0.3) is 0 Å². The van der Waals surface area contributed by atoms with Gasteiger partial charge in [0.05, 0.1) is 13.2 Å². The topological polar surface area (TPSA) is 71.5 Å². The van der Waals surface area contributed by atoms with Crippen molar-refractivity contribution in [1.82, 2.24) is 14.6 Å². The fourth-order valence-electron chi connectivity index (χ4n) is 1.22. The summed E-state index contributed by atoms with van der Waals surface area (Å²) in [5, 5.41) is 0. The summed E-state index contributed by atoms with van der Waals surface area (Å²) in [6, 6.07) is 1.50. The highest BCUT2D eigenvalue weighted by Gasteiger charge is 2.13. The number of nitrogens with zero attached hydrogens (tertiary/aromatic N) is 2. The molecule has 0 bridgehead atoms. The molecular weight excluding hydrogens is 334 g/mol. The van der Waals surface area contributed by atoms with Crippen LogP contribution < -0.4 is 4.72 Å². The van der Waals surface area contributed by atoms with E-state index >= 15 is 0 Å². The summed E-state index contributed by atoms with van der Waals surface area (Å²) >= 11 is 3.19. The number of ether oxygens (including phenoxy) is 1. The second-order valence-corrected chi connectivity index (χ2v) is 6.83. The van der Waals surface area contributed by atoms with Gasteiger partial charge in [-0.3, -0.25) is 4.98 Å². The van der Waals surface area contributed by atoms with Crippen LogP contribution in [-0.4, -0.2) is 58.7 Å². The molecule has 8 heteroatoms. The molecule has 0 saturated carbocycles. The van der Waals surface area contributed by atoms with Gasteiger partial charge in [0.25, 0.3) is 0 Å². The standard InChI is InChI=1S/C11H18BrN3O3S/c1-15(2)4-6-18-5-3-14-19(16,17)11-7-10(12)8-13-9-11/h7-9,14H,3-6H2,1-2H3. The SMILES string of the molecule is CN(C)CCOCCNS(=O)(=O)c1cncc(Br)c1. The molecule has 0 atom stereocenters. The molecule has 6 nitrogen and oxygen atoms in total. The predicted octanol–water partition coefficient (Wildman–Crippen LogP) is 0.701. The summed E-state index contributed by atoms with van der Waals surface area (Å²) in [7, 11) is 0.382. The zero-order chi connectivity index (χ0) is 14.3. The smallest absolute Gasteiger partial charge is 0.242 e. The molecule has 1 rings (SSSR count). The Morgan fingerprint density at radius 1 is 1.37 bits per heavy atom. The van der Waals surface area contributed by atoms with E-state index in [4.69, 9.17) is 4.74 Å². The van der Waals surface area contributed by atoms with E-state index in [9.17, 15) is 8.42 Å². The van der Waals surface area contributed by atoms with Crippen molar-refractivity contribution in [1.29, 1.82) is 0 Å². The first-order valence-electron chi connectivity index (χ1n) is 5.74. The van der Waals surface area contributed by atoms with Gasteiger partial charge < -0.3 is 9.64 Å². The third-order valence-corrected chi connectivity index (χ3v) is 4.07. The zero-order valence-corrected chi connectivity index (χ0v) is 13.4. The second kappa shape index (κ2) is 7.91. The van der Waals surface area contributed by atoms with Crippen molar-refractivity contribution in [2.24, 2.45) is 0 Å². The van der Waals surface area contributed by atoms with Crippen molar-refractivity contribution in [3.8, 4) is 0 Å². The minimum absolute atomic E-state index is 0.134. The fraction of sp³-hybridized carbons (Fsp3) is 0.545. The summed E-state index contributed by atoms with van der Waals surface area (Å²) in [5.41, 5.74) is 0. The molecule has 0 radical (unpaired) electrons. The molecule has 0 aliphatic heterocycles. The van der Waals surface area contributed by atoms with E-state index in [2.05, 4.69) is 25.6 Å². The first-order valence-corrected chi connectivity index (χ1v) is 8.02. The van der Waals surface area contributed by atoms with Gasteiger partial charge in [0.15, 0.2) is 0 Å². The first-order chi connectivity index (χ1) is 8.92. The summed E-state index contributed by atoms with van der Waals surface area (Å²) in [6.45, 7) is 1.96. The normalized spacial score (nSPS) is 12.0. The van der Waals surface area contributed by atoms with Crippen LogP contribution in [-0.2, 0) is 14.8 Å². The Labute approximate surface area is 122 Å². The van der Waals surface area contributed by atoms with E-state index in [1.165, 1.54) is 18.5 Å². The van der Waals surface area contributed by atoms with E-state index in [0.29, 0.717) is 17.7 Å². The number of sulfonamides is 1.